The van der Waals surface area contributed by atoms with E-state index in [0.717, 1.165) is 0 Å². The molecule has 0 aliphatic rings. The summed E-state index contributed by atoms with van der Waals surface area (Å²) in [6, 6.07) is 1.44. The van der Waals surface area contributed by atoms with E-state index in [-0.39, 0.29) is 6.03 Å². The normalized spacial score (nSPS) is 9.58. The van der Waals surface area contributed by atoms with Crippen LogP contribution in [0.2, 0.25) is 0 Å². The zero-order valence-electron chi connectivity index (χ0n) is 7.29. The first-order valence-electron chi connectivity index (χ1n) is 3.51. The van der Waals surface area contributed by atoms with Gasteiger partial charge in [0.1, 0.15) is 5.76 Å². The molecule has 1 aromatic rings. The van der Waals surface area contributed by atoms with Crippen LogP contribution in [-0.2, 0) is 0 Å². The number of aromatic nitrogens is 1. The Bertz CT molecular complexity index is 280. The Morgan fingerprint density at radius 1 is 1.67 bits per heavy atom. The van der Waals surface area contributed by atoms with Crippen LogP contribution in [0.25, 0.3) is 0 Å². The number of nitrogens with zero attached hydrogens (tertiary/aromatic N) is 2. The molecule has 0 radical (unpaired) electrons. The molecule has 5 nitrogen and oxygen atoms in total. The Morgan fingerprint density at radius 2 is 2.33 bits per heavy atom. The molecule has 1 N–H and O–H groups in total. The number of urea groups is 1. The summed E-state index contributed by atoms with van der Waals surface area (Å²) >= 11 is 0. The molecular formula is C7H11N3O2. The van der Waals surface area contributed by atoms with Gasteiger partial charge in [-0.25, -0.2) is 4.79 Å². The van der Waals surface area contributed by atoms with E-state index >= 15 is 0 Å². The van der Waals surface area contributed by atoms with Crippen molar-refractivity contribution in [2.45, 2.75) is 6.92 Å². The van der Waals surface area contributed by atoms with E-state index in [9.17, 15) is 4.79 Å². The lowest BCUT2D eigenvalue weighted by Gasteiger charge is -2.08. The van der Waals surface area contributed by atoms with Gasteiger partial charge in [-0.15, -0.1) is 0 Å². The number of carbonyl (C=O) groups excluding carboxylic acids is 1. The third-order valence-corrected chi connectivity index (χ3v) is 1.27. The molecule has 2 amide bonds. The molecule has 12 heavy (non-hydrogen) atoms. The van der Waals surface area contributed by atoms with Gasteiger partial charge in [0.25, 0.3) is 0 Å². The topological polar surface area (TPSA) is 58.4 Å². The van der Waals surface area contributed by atoms with Crippen LogP contribution in [0.5, 0.6) is 0 Å². The molecule has 1 rings (SSSR count). The van der Waals surface area contributed by atoms with Gasteiger partial charge in [0.15, 0.2) is 5.82 Å². The van der Waals surface area contributed by atoms with Crippen LogP contribution in [0.3, 0.4) is 0 Å². The second kappa shape index (κ2) is 3.25. The summed E-state index contributed by atoms with van der Waals surface area (Å²) in [5.74, 6) is 1.11. The molecule has 0 fully saturated rings. The number of amides is 2. The first-order chi connectivity index (χ1) is 5.59. The first-order valence-corrected chi connectivity index (χ1v) is 3.51. The van der Waals surface area contributed by atoms with Crippen LogP contribution in [0.1, 0.15) is 5.76 Å². The van der Waals surface area contributed by atoms with E-state index in [2.05, 4.69) is 10.5 Å². The van der Waals surface area contributed by atoms with Crippen molar-refractivity contribution in [1.82, 2.24) is 10.1 Å². The summed E-state index contributed by atoms with van der Waals surface area (Å²) in [4.78, 5) is 12.5. The highest BCUT2D eigenvalue weighted by Crippen LogP contribution is 2.06. The van der Waals surface area contributed by atoms with Crippen molar-refractivity contribution in [1.29, 1.82) is 0 Å². The average molecular weight is 169 g/mol. The Hall–Kier alpha value is -1.52. The highest BCUT2D eigenvalue weighted by Gasteiger charge is 2.06. The molecule has 0 bridgehead atoms. The van der Waals surface area contributed by atoms with Crippen molar-refractivity contribution >= 4 is 11.8 Å². The molecule has 0 aromatic carbocycles. The molecule has 0 aliphatic carbocycles. The number of rotatable bonds is 1. The van der Waals surface area contributed by atoms with Crippen molar-refractivity contribution in [3.63, 3.8) is 0 Å². The van der Waals surface area contributed by atoms with Gasteiger partial charge in [-0.2, -0.15) is 0 Å². The Labute approximate surface area is 70.3 Å². The van der Waals surface area contributed by atoms with E-state index in [1.807, 2.05) is 0 Å². The predicted molar refractivity (Wildman–Crippen MR) is 43.9 cm³/mol. The smallest absolute Gasteiger partial charge is 0.322 e. The molecule has 0 spiro atoms. The van der Waals surface area contributed by atoms with Crippen LogP contribution in [-0.4, -0.2) is 30.2 Å². The SMILES string of the molecule is Cc1cc(NC(=O)N(C)C)no1. The summed E-state index contributed by atoms with van der Waals surface area (Å²) < 4.78 is 4.76. The number of anilines is 1. The monoisotopic (exact) mass is 169 g/mol. The van der Waals surface area contributed by atoms with Crippen molar-refractivity contribution in [2.24, 2.45) is 0 Å². The zero-order valence-corrected chi connectivity index (χ0v) is 7.29. The number of aryl methyl sites for hydroxylation is 1. The Morgan fingerprint density at radius 3 is 2.75 bits per heavy atom. The fourth-order valence-electron chi connectivity index (χ4n) is 0.647. The van der Waals surface area contributed by atoms with Crippen molar-refractivity contribution in [3.05, 3.63) is 11.8 Å². The standard InChI is InChI=1S/C7H11N3O2/c1-5-4-6(9-12-5)8-7(11)10(2)3/h4H,1-3H3,(H,8,9,11). The summed E-state index contributed by atoms with van der Waals surface area (Å²) in [7, 11) is 3.31. The summed E-state index contributed by atoms with van der Waals surface area (Å²) in [6.45, 7) is 1.76. The minimum Gasteiger partial charge on any atom is -0.360 e. The third kappa shape index (κ3) is 1.98. The number of carbonyl (C=O) groups is 1. The molecular weight excluding hydrogens is 158 g/mol. The van der Waals surface area contributed by atoms with Crippen LogP contribution in [0, 0.1) is 6.92 Å². The maximum Gasteiger partial charge on any atom is 0.322 e. The number of nitrogens with one attached hydrogen (secondary N) is 1. The molecule has 66 valence electrons. The van der Waals surface area contributed by atoms with Gasteiger partial charge in [-0.3, -0.25) is 5.32 Å². The van der Waals surface area contributed by atoms with Crippen LogP contribution in [0.15, 0.2) is 10.6 Å². The van der Waals surface area contributed by atoms with Gasteiger partial charge in [-0.05, 0) is 6.92 Å². The maximum atomic E-state index is 11.1. The largest absolute Gasteiger partial charge is 0.360 e. The van der Waals surface area contributed by atoms with Gasteiger partial charge in [0, 0.05) is 20.2 Å². The van der Waals surface area contributed by atoms with E-state index in [1.54, 1.807) is 27.1 Å². The van der Waals surface area contributed by atoms with Gasteiger partial charge < -0.3 is 9.42 Å². The average Bonchev–Trinajstić information content (AvgIpc) is 2.35. The van der Waals surface area contributed by atoms with Gasteiger partial charge in [0.05, 0.1) is 0 Å². The summed E-state index contributed by atoms with van der Waals surface area (Å²) in [5, 5.41) is 6.15. The molecule has 0 unspecified atom stereocenters. The Balaban J connectivity index is 2.58. The molecule has 1 heterocycles. The maximum absolute atomic E-state index is 11.1. The zero-order chi connectivity index (χ0) is 9.14. The highest BCUT2D eigenvalue weighted by molar-refractivity contribution is 5.87. The summed E-state index contributed by atoms with van der Waals surface area (Å²) in [6.07, 6.45) is 0. The lowest BCUT2D eigenvalue weighted by molar-refractivity contribution is 0.230. The van der Waals surface area contributed by atoms with Crippen LogP contribution >= 0.6 is 0 Å². The highest BCUT2D eigenvalue weighted by atomic mass is 16.5. The molecule has 5 heteroatoms. The van der Waals surface area contributed by atoms with E-state index in [0.29, 0.717) is 11.6 Å². The van der Waals surface area contributed by atoms with E-state index in [4.69, 9.17) is 4.52 Å². The van der Waals surface area contributed by atoms with Gasteiger partial charge >= 0.3 is 6.03 Å². The minimum atomic E-state index is -0.219. The fourth-order valence-corrected chi connectivity index (χ4v) is 0.647. The van der Waals surface area contributed by atoms with Crippen molar-refractivity contribution < 1.29 is 9.32 Å². The van der Waals surface area contributed by atoms with Gasteiger partial charge in [-0.1, -0.05) is 5.16 Å². The summed E-state index contributed by atoms with van der Waals surface area (Å²) in [5.41, 5.74) is 0. The second-order valence-electron chi connectivity index (χ2n) is 2.65. The van der Waals surface area contributed by atoms with Crippen molar-refractivity contribution in [2.75, 3.05) is 19.4 Å². The third-order valence-electron chi connectivity index (χ3n) is 1.27. The van der Waals surface area contributed by atoms with Crippen molar-refractivity contribution in [3.8, 4) is 0 Å². The van der Waals surface area contributed by atoms with Gasteiger partial charge in [0.2, 0.25) is 0 Å². The number of hydrogen-bond acceptors (Lipinski definition) is 3. The van der Waals surface area contributed by atoms with E-state index < -0.39 is 0 Å². The Kier molecular flexibility index (Phi) is 2.32. The van der Waals surface area contributed by atoms with E-state index in [1.165, 1.54) is 4.90 Å². The quantitative estimate of drug-likeness (QED) is 0.684. The fraction of sp³-hybridized carbons (Fsp3) is 0.429. The van der Waals surface area contributed by atoms with Crippen LogP contribution < -0.4 is 5.32 Å². The molecule has 1 aromatic heterocycles. The lowest BCUT2D eigenvalue weighted by atomic mass is 10.5. The first kappa shape index (κ1) is 8.58. The lowest BCUT2D eigenvalue weighted by Crippen LogP contribution is -2.27. The molecule has 0 atom stereocenters. The molecule has 0 saturated heterocycles. The van der Waals surface area contributed by atoms with Crippen LogP contribution in [0.4, 0.5) is 10.6 Å². The minimum absolute atomic E-state index is 0.219. The molecule has 0 saturated carbocycles. The number of hydrogen-bond donors (Lipinski definition) is 1. The molecule has 0 aliphatic heterocycles. The second-order valence-corrected chi connectivity index (χ2v) is 2.65. The predicted octanol–water partition coefficient (Wildman–Crippen LogP) is 1.08.